The zero-order valence-electron chi connectivity index (χ0n) is 17.4. The zero-order chi connectivity index (χ0) is 22.4. The zero-order valence-corrected chi connectivity index (χ0v) is 19.8. The molecule has 0 aliphatic heterocycles. The minimum absolute atomic E-state index is 0.698. The molecule has 0 radical (unpaired) electrons. The highest BCUT2D eigenvalue weighted by atomic mass is 79.9. The number of pyridine rings is 1. The van der Waals surface area contributed by atoms with Crippen molar-refractivity contribution in [3.05, 3.63) is 113 Å². The second kappa shape index (κ2) is 8.14. The predicted octanol–water partition coefficient (Wildman–Crippen LogP) is 8.32. The molecular weight excluding hydrogens is 494 g/mol. The molecule has 0 N–H and O–H groups in total. The van der Waals surface area contributed by atoms with Crippen LogP contribution in [0.5, 0.6) is 0 Å². The minimum Gasteiger partial charge on any atom is -0.247 e. The lowest BCUT2D eigenvalue weighted by molar-refractivity contribution is 0.918. The van der Waals surface area contributed by atoms with Crippen LogP contribution < -0.4 is 0 Å². The van der Waals surface area contributed by atoms with E-state index >= 15 is 0 Å². The van der Waals surface area contributed by atoms with Crippen LogP contribution in [-0.4, -0.2) is 14.8 Å². The van der Waals surface area contributed by atoms with Crippen molar-refractivity contribution in [3.8, 4) is 28.2 Å². The Morgan fingerprint density at radius 2 is 1.30 bits per heavy atom. The van der Waals surface area contributed by atoms with E-state index in [1.165, 1.54) is 0 Å². The third-order valence-electron chi connectivity index (χ3n) is 5.75. The van der Waals surface area contributed by atoms with Gasteiger partial charge in [0, 0.05) is 26.0 Å². The van der Waals surface area contributed by atoms with Gasteiger partial charge in [0.05, 0.1) is 27.8 Å². The van der Waals surface area contributed by atoms with Crippen LogP contribution in [0, 0.1) is 0 Å². The van der Waals surface area contributed by atoms with Crippen LogP contribution in [0.25, 0.3) is 50.0 Å². The Morgan fingerprint density at radius 1 is 0.667 bits per heavy atom. The highest BCUT2D eigenvalue weighted by Crippen LogP contribution is 2.40. The number of benzene rings is 4. The van der Waals surface area contributed by atoms with Gasteiger partial charge in [0.15, 0.2) is 0 Å². The molecule has 0 saturated carbocycles. The molecule has 0 saturated heterocycles. The second-order valence-electron chi connectivity index (χ2n) is 7.81. The summed E-state index contributed by atoms with van der Waals surface area (Å²) in [5.74, 6) is 0. The van der Waals surface area contributed by atoms with E-state index in [-0.39, 0.29) is 0 Å². The third kappa shape index (κ3) is 3.52. The van der Waals surface area contributed by atoms with Crippen LogP contribution in [0.3, 0.4) is 0 Å². The summed E-state index contributed by atoms with van der Waals surface area (Å²) in [7, 11) is 0. The Balaban J connectivity index is 1.80. The predicted molar refractivity (Wildman–Crippen MR) is 140 cm³/mol. The van der Waals surface area contributed by atoms with E-state index in [2.05, 4.69) is 52.3 Å². The molecule has 0 aliphatic carbocycles. The Morgan fingerprint density at radius 3 is 2.06 bits per heavy atom. The van der Waals surface area contributed by atoms with Gasteiger partial charge in [0.2, 0.25) is 0 Å². The van der Waals surface area contributed by atoms with Crippen molar-refractivity contribution in [1.82, 2.24) is 14.8 Å². The summed E-state index contributed by atoms with van der Waals surface area (Å²) in [5, 5.41) is 7.92. The first-order valence-electron chi connectivity index (χ1n) is 10.6. The molecule has 2 aromatic heterocycles. The van der Waals surface area contributed by atoms with Gasteiger partial charge < -0.3 is 0 Å². The van der Waals surface area contributed by atoms with Gasteiger partial charge >= 0.3 is 0 Å². The van der Waals surface area contributed by atoms with E-state index in [1.807, 2.05) is 71.4 Å². The highest BCUT2D eigenvalue weighted by molar-refractivity contribution is 9.10. The molecule has 0 atom stereocenters. The maximum absolute atomic E-state index is 6.20. The van der Waals surface area contributed by atoms with Gasteiger partial charge in [-0.05, 0) is 42.5 Å². The van der Waals surface area contributed by atoms with Crippen molar-refractivity contribution in [1.29, 1.82) is 0 Å². The molecule has 6 aromatic rings. The summed E-state index contributed by atoms with van der Waals surface area (Å²) in [6.45, 7) is 0. The molecule has 5 heteroatoms. The molecule has 3 nitrogen and oxygen atoms in total. The largest absolute Gasteiger partial charge is 0.247 e. The van der Waals surface area contributed by atoms with Crippen LogP contribution in [0.15, 0.2) is 108 Å². The van der Waals surface area contributed by atoms with Crippen molar-refractivity contribution in [2.24, 2.45) is 0 Å². The first kappa shape index (κ1) is 20.2. The number of hydrogen-bond acceptors (Lipinski definition) is 2. The molecule has 0 fully saturated rings. The molecule has 4 aromatic carbocycles. The maximum Gasteiger partial charge on any atom is 0.103 e. The quantitative estimate of drug-likeness (QED) is 0.240. The molecular formula is C28H17BrClN3. The van der Waals surface area contributed by atoms with Gasteiger partial charge in [0.25, 0.3) is 0 Å². The van der Waals surface area contributed by atoms with Crippen molar-refractivity contribution >= 4 is 49.3 Å². The number of rotatable bonds is 3. The summed E-state index contributed by atoms with van der Waals surface area (Å²) in [5.41, 5.74) is 6.78. The molecule has 33 heavy (non-hydrogen) atoms. The summed E-state index contributed by atoms with van der Waals surface area (Å²) in [4.78, 5) is 5.11. The lowest BCUT2D eigenvalue weighted by Gasteiger charge is -2.10. The Bertz CT molecular complexity index is 1610. The fourth-order valence-corrected chi connectivity index (χ4v) is 4.61. The van der Waals surface area contributed by atoms with Crippen LogP contribution in [0.4, 0.5) is 0 Å². The summed E-state index contributed by atoms with van der Waals surface area (Å²) in [6.07, 6.45) is 0. The van der Waals surface area contributed by atoms with E-state index in [0.717, 1.165) is 54.5 Å². The molecule has 6 rings (SSSR count). The Hall–Kier alpha value is -3.47. The van der Waals surface area contributed by atoms with E-state index in [9.17, 15) is 0 Å². The highest BCUT2D eigenvalue weighted by Gasteiger charge is 2.22. The number of halogens is 2. The summed E-state index contributed by atoms with van der Waals surface area (Å²) in [6, 6.07) is 34.6. The maximum atomic E-state index is 6.20. The fraction of sp³-hybridized carbons (Fsp3) is 0. The van der Waals surface area contributed by atoms with Gasteiger partial charge in [-0.15, -0.1) is 0 Å². The van der Waals surface area contributed by atoms with Crippen LogP contribution >= 0.6 is 27.5 Å². The number of para-hydroxylation sites is 2. The van der Waals surface area contributed by atoms with Gasteiger partial charge in [0.1, 0.15) is 5.69 Å². The van der Waals surface area contributed by atoms with Crippen molar-refractivity contribution in [3.63, 3.8) is 0 Å². The van der Waals surface area contributed by atoms with Crippen molar-refractivity contribution in [2.45, 2.75) is 0 Å². The molecule has 0 unspecified atom stereocenters. The topological polar surface area (TPSA) is 30.7 Å². The van der Waals surface area contributed by atoms with Crippen LogP contribution in [0.2, 0.25) is 5.02 Å². The second-order valence-corrected chi connectivity index (χ2v) is 9.16. The van der Waals surface area contributed by atoms with Gasteiger partial charge in [-0.25, -0.2) is 9.67 Å². The van der Waals surface area contributed by atoms with Gasteiger partial charge in [-0.3, -0.25) is 0 Å². The van der Waals surface area contributed by atoms with E-state index in [0.29, 0.717) is 5.02 Å². The van der Waals surface area contributed by atoms with Crippen LogP contribution in [-0.2, 0) is 0 Å². The first-order valence-corrected chi connectivity index (χ1v) is 11.7. The fourth-order valence-electron chi connectivity index (χ4n) is 4.22. The van der Waals surface area contributed by atoms with E-state index in [1.54, 1.807) is 0 Å². The number of nitrogens with zero attached hydrogens (tertiary/aromatic N) is 3. The van der Waals surface area contributed by atoms with Crippen molar-refractivity contribution in [2.75, 3.05) is 0 Å². The smallest absolute Gasteiger partial charge is 0.103 e. The van der Waals surface area contributed by atoms with Crippen molar-refractivity contribution < 1.29 is 0 Å². The Kier molecular flexibility index (Phi) is 4.97. The van der Waals surface area contributed by atoms with Gasteiger partial charge in [-0.1, -0.05) is 88.2 Å². The monoisotopic (exact) mass is 509 g/mol. The van der Waals surface area contributed by atoms with E-state index in [4.69, 9.17) is 21.7 Å². The lowest BCUT2D eigenvalue weighted by Crippen LogP contribution is -1.97. The number of hydrogen-bond donors (Lipinski definition) is 0. The molecule has 0 bridgehead atoms. The summed E-state index contributed by atoms with van der Waals surface area (Å²) < 4.78 is 3.07. The normalized spacial score (nSPS) is 11.3. The standard InChI is InChI=1S/C28H17BrClN3/c29-20-14-10-19(11-15-20)27-25-26(18-12-16-21(30)17-13-18)31-24-9-5-4-8-23(24)28(25)33(32-27)22-6-2-1-3-7-22/h1-17H. The average molecular weight is 511 g/mol. The average Bonchev–Trinajstić information content (AvgIpc) is 3.26. The third-order valence-corrected chi connectivity index (χ3v) is 6.53. The lowest BCUT2D eigenvalue weighted by atomic mass is 10.00. The summed E-state index contributed by atoms with van der Waals surface area (Å²) >= 11 is 9.75. The molecule has 0 amide bonds. The molecule has 0 spiro atoms. The molecule has 158 valence electrons. The van der Waals surface area contributed by atoms with Gasteiger partial charge in [-0.2, -0.15) is 5.10 Å². The Labute approximate surface area is 204 Å². The number of fused-ring (bicyclic) bond motifs is 3. The SMILES string of the molecule is Clc1ccc(-c2nc3ccccc3c3c2c(-c2ccc(Br)cc2)nn3-c2ccccc2)cc1. The number of aromatic nitrogens is 3. The molecule has 2 heterocycles. The minimum atomic E-state index is 0.698. The first-order chi connectivity index (χ1) is 16.2. The van der Waals surface area contributed by atoms with E-state index < -0.39 is 0 Å². The molecule has 0 aliphatic rings. The van der Waals surface area contributed by atoms with Crippen LogP contribution in [0.1, 0.15) is 0 Å².